The van der Waals surface area contributed by atoms with Crippen molar-refractivity contribution in [2.45, 2.75) is 50.2 Å². The van der Waals surface area contributed by atoms with Crippen LogP contribution >= 0.6 is 0 Å². The molecular formula is C32H34N6O5. The summed E-state index contributed by atoms with van der Waals surface area (Å²) in [6, 6.07) is 15.2. The van der Waals surface area contributed by atoms with Crippen LogP contribution in [0.5, 0.6) is 0 Å². The molecule has 11 heteroatoms. The molecule has 2 fully saturated rings. The van der Waals surface area contributed by atoms with Gasteiger partial charge in [-0.2, -0.15) is 0 Å². The molecule has 222 valence electrons. The third kappa shape index (κ3) is 3.98. The Balaban J connectivity index is 1.32. The topological polar surface area (TPSA) is 121 Å². The maximum atomic E-state index is 14.6. The summed E-state index contributed by atoms with van der Waals surface area (Å²) in [5.41, 5.74) is -0.327. The average molecular weight is 583 g/mol. The molecule has 3 aromatic rings. The number of anilines is 1. The minimum atomic E-state index is -1.41. The lowest BCUT2D eigenvalue weighted by Crippen LogP contribution is -2.58. The zero-order chi connectivity index (χ0) is 29.9. The van der Waals surface area contributed by atoms with Crippen LogP contribution in [0.4, 0.5) is 5.69 Å². The second-order valence-corrected chi connectivity index (χ2v) is 11.9. The molecule has 0 aliphatic carbocycles. The second kappa shape index (κ2) is 10.1. The van der Waals surface area contributed by atoms with Crippen LogP contribution in [0.15, 0.2) is 78.9 Å². The quantitative estimate of drug-likeness (QED) is 0.442. The van der Waals surface area contributed by atoms with Gasteiger partial charge in [-0.05, 0) is 37.6 Å². The fourth-order valence-corrected chi connectivity index (χ4v) is 7.47. The fraction of sp³-hybridized carbons (Fsp3) is 0.406. The minimum absolute atomic E-state index is 0.111. The van der Waals surface area contributed by atoms with Crippen molar-refractivity contribution in [3.05, 3.63) is 78.9 Å². The molecule has 11 nitrogen and oxygen atoms in total. The number of hydrogen-bond acceptors (Lipinski definition) is 7. The number of hydrogen-bond donors (Lipinski definition) is 1. The highest BCUT2D eigenvalue weighted by atomic mass is 16.5. The summed E-state index contributed by atoms with van der Waals surface area (Å²) in [6.07, 6.45) is 7.85. The Kier molecular flexibility index (Phi) is 6.48. The van der Waals surface area contributed by atoms with Crippen molar-refractivity contribution in [3.63, 3.8) is 0 Å². The average Bonchev–Trinajstić information content (AvgIpc) is 3.55. The molecular weight excluding hydrogens is 548 g/mol. The summed E-state index contributed by atoms with van der Waals surface area (Å²) >= 11 is 0. The van der Waals surface area contributed by atoms with E-state index in [2.05, 4.69) is 10.3 Å². The standard InChI is InChI=1S/C32H34N6O5/c1-3-21(19-39)38-27-30(42)35(20-37-24-14-8-7-13-23(24)33-34-37)17-10-16-32(27)26(29(38)41)25-28(40)36(22-11-5-4-6-12-22)18-9-15-31(25,2)43-32/h4-16,21,25-27,39H,3,17-20H2,1-2H3/t21-,25-,26-,27?,31+,32-/m0/s1. The van der Waals surface area contributed by atoms with E-state index in [1.54, 1.807) is 14.5 Å². The largest absolute Gasteiger partial charge is 0.394 e. The molecule has 1 aromatic heterocycles. The van der Waals surface area contributed by atoms with Gasteiger partial charge in [0.05, 0.1) is 35.6 Å². The number of aliphatic hydroxyl groups is 1. The number of amides is 3. The summed E-state index contributed by atoms with van der Waals surface area (Å²) in [6.45, 7) is 4.07. The second-order valence-electron chi connectivity index (χ2n) is 11.9. The van der Waals surface area contributed by atoms with Crippen LogP contribution in [-0.4, -0.2) is 90.6 Å². The molecule has 2 aromatic carbocycles. The molecule has 3 amide bonds. The van der Waals surface area contributed by atoms with Crippen molar-refractivity contribution >= 4 is 34.4 Å². The minimum Gasteiger partial charge on any atom is -0.394 e. The van der Waals surface area contributed by atoms with E-state index in [0.717, 1.165) is 11.2 Å². The first-order chi connectivity index (χ1) is 20.8. The Hall–Kier alpha value is -4.35. The summed E-state index contributed by atoms with van der Waals surface area (Å²) in [7, 11) is 0. The SMILES string of the molecule is CC[C@@H](CO)N1C(=O)[C@@H]2[C@H]3C(=O)N(c4ccccc4)CC=C[C@@]3(C)O[C@@]23C=CCN(Cn2nnc4ccccc42)C(=O)C13. The highest BCUT2D eigenvalue weighted by Gasteiger charge is 2.75. The van der Waals surface area contributed by atoms with Crippen LogP contribution in [0.3, 0.4) is 0 Å². The van der Waals surface area contributed by atoms with Gasteiger partial charge in [0.1, 0.15) is 23.8 Å². The normalized spacial score (nSPS) is 30.8. The van der Waals surface area contributed by atoms with Gasteiger partial charge in [-0.1, -0.05) is 66.8 Å². The predicted molar refractivity (Wildman–Crippen MR) is 157 cm³/mol. The molecule has 0 bridgehead atoms. The van der Waals surface area contributed by atoms with Crippen molar-refractivity contribution in [1.82, 2.24) is 24.8 Å². The highest BCUT2D eigenvalue weighted by molar-refractivity contribution is 6.04. The molecule has 5 heterocycles. The Morgan fingerprint density at radius 2 is 1.70 bits per heavy atom. The van der Waals surface area contributed by atoms with Gasteiger partial charge in [-0.25, -0.2) is 4.68 Å². The molecule has 4 aliphatic rings. The number of ether oxygens (including phenoxy) is 1. The van der Waals surface area contributed by atoms with Gasteiger partial charge < -0.3 is 24.5 Å². The number of carbonyl (C=O) groups is 3. The lowest BCUT2D eigenvalue weighted by atomic mass is 9.74. The Morgan fingerprint density at radius 1 is 0.953 bits per heavy atom. The zero-order valence-electron chi connectivity index (χ0n) is 24.1. The zero-order valence-corrected chi connectivity index (χ0v) is 24.1. The smallest absolute Gasteiger partial charge is 0.250 e. The number of para-hydroxylation sites is 2. The molecule has 1 unspecified atom stereocenters. The van der Waals surface area contributed by atoms with Crippen molar-refractivity contribution < 1.29 is 24.2 Å². The van der Waals surface area contributed by atoms with Crippen molar-refractivity contribution in [3.8, 4) is 0 Å². The predicted octanol–water partition coefficient (Wildman–Crippen LogP) is 2.13. The van der Waals surface area contributed by atoms with Gasteiger partial charge in [0.25, 0.3) is 5.91 Å². The third-order valence-electron chi connectivity index (χ3n) is 9.45. The molecule has 1 N–H and O–H groups in total. The van der Waals surface area contributed by atoms with E-state index in [-0.39, 0.29) is 37.5 Å². The number of aromatic nitrogens is 3. The summed E-state index contributed by atoms with van der Waals surface area (Å²) in [5.74, 6) is -2.77. The summed E-state index contributed by atoms with van der Waals surface area (Å²) in [4.78, 5) is 48.4. The van der Waals surface area contributed by atoms with Crippen LogP contribution in [0.2, 0.25) is 0 Å². The number of likely N-dealkylation sites (tertiary alicyclic amines) is 1. The Labute approximate surface area is 249 Å². The molecule has 4 aliphatic heterocycles. The van der Waals surface area contributed by atoms with E-state index in [1.165, 1.54) is 4.90 Å². The van der Waals surface area contributed by atoms with Crippen LogP contribution in [0.25, 0.3) is 11.0 Å². The van der Waals surface area contributed by atoms with E-state index in [0.29, 0.717) is 18.5 Å². The third-order valence-corrected chi connectivity index (χ3v) is 9.45. The molecule has 43 heavy (non-hydrogen) atoms. The van der Waals surface area contributed by atoms with E-state index in [1.807, 2.05) is 92.7 Å². The van der Waals surface area contributed by atoms with Crippen molar-refractivity contribution in [2.24, 2.45) is 11.8 Å². The van der Waals surface area contributed by atoms with Gasteiger partial charge in [-0.3, -0.25) is 14.4 Å². The molecule has 6 atom stereocenters. The van der Waals surface area contributed by atoms with Crippen LogP contribution in [-0.2, 0) is 25.8 Å². The maximum Gasteiger partial charge on any atom is 0.250 e. The lowest BCUT2D eigenvalue weighted by Gasteiger charge is -2.39. The number of rotatable bonds is 6. The molecule has 7 rings (SSSR count). The van der Waals surface area contributed by atoms with E-state index < -0.39 is 35.1 Å². The van der Waals surface area contributed by atoms with Gasteiger partial charge >= 0.3 is 0 Å². The molecule has 0 radical (unpaired) electrons. The number of carbonyl (C=O) groups excluding carboxylic acids is 3. The van der Waals surface area contributed by atoms with E-state index in [4.69, 9.17) is 4.74 Å². The lowest BCUT2D eigenvalue weighted by molar-refractivity contribution is -0.155. The summed E-state index contributed by atoms with van der Waals surface area (Å²) < 4.78 is 8.56. The van der Waals surface area contributed by atoms with Crippen molar-refractivity contribution in [1.29, 1.82) is 0 Å². The first kappa shape index (κ1) is 27.5. The number of benzene rings is 2. The van der Waals surface area contributed by atoms with Crippen LogP contribution < -0.4 is 4.90 Å². The maximum absolute atomic E-state index is 14.6. The number of fused-ring (bicyclic) bond motifs is 3. The molecule has 1 spiro atoms. The molecule has 2 saturated heterocycles. The monoisotopic (exact) mass is 582 g/mol. The number of aliphatic hydroxyl groups excluding tert-OH is 1. The van der Waals surface area contributed by atoms with Gasteiger partial charge in [0.15, 0.2) is 0 Å². The fourth-order valence-electron chi connectivity index (χ4n) is 7.47. The first-order valence-corrected chi connectivity index (χ1v) is 14.7. The van der Waals surface area contributed by atoms with Gasteiger partial charge in [0, 0.05) is 18.8 Å². The van der Waals surface area contributed by atoms with E-state index >= 15 is 0 Å². The Bertz CT molecular complexity index is 1650. The van der Waals surface area contributed by atoms with E-state index in [9.17, 15) is 19.5 Å². The summed E-state index contributed by atoms with van der Waals surface area (Å²) in [5, 5.41) is 18.9. The highest BCUT2D eigenvalue weighted by Crippen LogP contribution is 2.58. The van der Waals surface area contributed by atoms with Gasteiger partial charge in [-0.15, -0.1) is 5.10 Å². The van der Waals surface area contributed by atoms with Crippen LogP contribution in [0.1, 0.15) is 20.3 Å². The molecule has 0 saturated carbocycles. The van der Waals surface area contributed by atoms with Gasteiger partial charge in [0.2, 0.25) is 11.8 Å². The number of nitrogens with zero attached hydrogens (tertiary/aromatic N) is 6. The Morgan fingerprint density at radius 3 is 2.47 bits per heavy atom. The first-order valence-electron chi connectivity index (χ1n) is 14.7. The van der Waals surface area contributed by atoms with Crippen molar-refractivity contribution in [2.75, 3.05) is 24.6 Å². The van der Waals surface area contributed by atoms with Crippen LogP contribution in [0, 0.1) is 11.8 Å².